The molecule has 4 heterocycles. The van der Waals surface area contributed by atoms with E-state index >= 15 is 0 Å². The minimum absolute atomic E-state index is 0.164. The van der Waals surface area contributed by atoms with Crippen LogP contribution in [0.5, 0.6) is 0 Å². The van der Waals surface area contributed by atoms with Gasteiger partial charge < -0.3 is 9.64 Å². The lowest BCUT2D eigenvalue weighted by Gasteiger charge is -2.29. The number of piperidine rings is 1. The van der Waals surface area contributed by atoms with E-state index < -0.39 is 0 Å². The van der Waals surface area contributed by atoms with E-state index in [-0.39, 0.29) is 11.5 Å². The Morgan fingerprint density at radius 2 is 2.03 bits per heavy atom. The van der Waals surface area contributed by atoms with Gasteiger partial charge in [0.05, 0.1) is 10.5 Å². The van der Waals surface area contributed by atoms with Crippen molar-refractivity contribution in [2.45, 2.75) is 25.7 Å². The molecule has 1 amide bonds. The summed E-state index contributed by atoms with van der Waals surface area (Å²) in [6.45, 7) is 2.78. The van der Waals surface area contributed by atoms with Gasteiger partial charge >= 0.3 is 0 Å². The lowest BCUT2D eigenvalue weighted by molar-refractivity contribution is -0.122. The maximum atomic E-state index is 13.3. The van der Waals surface area contributed by atoms with E-state index in [4.69, 9.17) is 21.9 Å². The number of amides is 1. The van der Waals surface area contributed by atoms with E-state index in [1.54, 1.807) is 30.3 Å². The zero-order chi connectivity index (χ0) is 21.1. The van der Waals surface area contributed by atoms with Crippen molar-refractivity contribution in [3.63, 3.8) is 0 Å². The molecule has 0 spiro atoms. The first-order valence-electron chi connectivity index (χ1n) is 10.1. The third-order valence-corrected chi connectivity index (χ3v) is 6.66. The van der Waals surface area contributed by atoms with Crippen LogP contribution >= 0.6 is 24.0 Å². The van der Waals surface area contributed by atoms with Crippen molar-refractivity contribution in [1.82, 2.24) is 14.3 Å². The normalized spacial score (nSPS) is 18.8. The van der Waals surface area contributed by atoms with Gasteiger partial charge in [-0.25, -0.2) is 4.98 Å². The van der Waals surface area contributed by atoms with Crippen molar-refractivity contribution in [3.8, 4) is 0 Å². The minimum atomic E-state index is -0.175. The lowest BCUT2D eigenvalue weighted by Crippen LogP contribution is -2.33. The molecule has 2 saturated heterocycles. The van der Waals surface area contributed by atoms with Crippen LogP contribution in [0.25, 0.3) is 11.7 Å². The van der Waals surface area contributed by atoms with Gasteiger partial charge in [0.15, 0.2) is 0 Å². The number of nitrogens with zero attached hydrogens (tertiary/aromatic N) is 4. The number of hydrogen-bond donors (Lipinski definition) is 0. The van der Waals surface area contributed by atoms with E-state index in [2.05, 4.69) is 4.90 Å². The lowest BCUT2D eigenvalue weighted by atomic mass is 10.1. The maximum Gasteiger partial charge on any atom is 0.267 e. The Morgan fingerprint density at radius 1 is 1.23 bits per heavy atom. The average Bonchev–Trinajstić information content (AvgIpc) is 3.03. The molecule has 0 N–H and O–H groups in total. The highest BCUT2D eigenvalue weighted by atomic mass is 32.2. The van der Waals surface area contributed by atoms with Crippen LogP contribution in [0.3, 0.4) is 0 Å². The van der Waals surface area contributed by atoms with Crippen molar-refractivity contribution in [1.29, 1.82) is 0 Å². The number of thioether (sulfide) groups is 1. The number of aromatic nitrogens is 2. The van der Waals surface area contributed by atoms with Gasteiger partial charge in [0.25, 0.3) is 11.5 Å². The first-order valence-corrected chi connectivity index (χ1v) is 11.3. The number of carbonyl (C=O) groups is 1. The summed E-state index contributed by atoms with van der Waals surface area (Å²) < 4.78 is 7.11. The standard InChI is InChI=1S/C21H24N4O3S2/c1-28-13-7-12-25-20(27)16(30-21(25)29)14-15-18(23-9-4-2-5-10-23)22-17-8-3-6-11-24(17)19(15)26/h3,6,8,11,14H,2,4-5,7,9-10,12-13H2,1H3/b16-14+. The summed E-state index contributed by atoms with van der Waals surface area (Å²) in [7, 11) is 1.63. The van der Waals surface area contributed by atoms with E-state index in [0.717, 1.165) is 25.9 Å². The molecule has 0 saturated carbocycles. The largest absolute Gasteiger partial charge is 0.385 e. The number of fused-ring (bicyclic) bond motifs is 1. The summed E-state index contributed by atoms with van der Waals surface area (Å²) in [4.78, 5) is 35.3. The highest BCUT2D eigenvalue weighted by Gasteiger charge is 2.32. The number of hydrogen-bond acceptors (Lipinski definition) is 7. The molecule has 2 aromatic heterocycles. The van der Waals surface area contributed by atoms with Crippen LogP contribution in [0, 0.1) is 0 Å². The fourth-order valence-electron chi connectivity index (χ4n) is 3.75. The smallest absolute Gasteiger partial charge is 0.267 e. The van der Waals surface area contributed by atoms with Crippen molar-refractivity contribution in [2.24, 2.45) is 0 Å². The predicted octanol–water partition coefficient (Wildman–Crippen LogP) is 2.92. The highest BCUT2D eigenvalue weighted by molar-refractivity contribution is 8.26. The molecule has 2 aromatic rings. The number of anilines is 1. The predicted molar refractivity (Wildman–Crippen MR) is 124 cm³/mol. The van der Waals surface area contributed by atoms with E-state index in [1.165, 1.54) is 22.6 Å². The van der Waals surface area contributed by atoms with Crippen LogP contribution in [0.4, 0.5) is 5.82 Å². The van der Waals surface area contributed by atoms with E-state index in [9.17, 15) is 9.59 Å². The first-order chi connectivity index (χ1) is 14.6. The fourth-order valence-corrected chi connectivity index (χ4v) is 5.05. The summed E-state index contributed by atoms with van der Waals surface area (Å²) in [5, 5.41) is 0. The highest BCUT2D eigenvalue weighted by Crippen LogP contribution is 2.34. The molecule has 0 bridgehead atoms. The summed E-state index contributed by atoms with van der Waals surface area (Å²) in [6.07, 6.45) is 7.40. The molecule has 158 valence electrons. The number of ether oxygens (including phenoxy) is 1. The number of methoxy groups -OCH3 is 1. The number of rotatable bonds is 6. The number of carbonyl (C=O) groups excluding carboxylic acids is 1. The second-order valence-corrected chi connectivity index (χ2v) is 8.99. The second kappa shape index (κ2) is 9.28. The van der Waals surface area contributed by atoms with Crippen LogP contribution in [0.1, 0.15) is 31.2 Å². The second-order valence-electron chi connectivity index (χ2n) is 7.31. The molecule has 2 aliphatic rings. The fraction of sp³-hybridized carbons (Fsp3) is 0.429. The molecule has 0 aliphatic carbocycles. The van der Waals surface area contributed by atoms with Crippen LogP contribution in [-0.4, -0.2) is 57.9 Å². The molecular weight excluding hydrogens is 420 g/mol. The quantitative estimate of drug-likeness (QED) is 0.386. The van der Waals surface area contributed by atoms with E-state index in [0.29, 0.717) is 45.8 Å². The van der Waals surface area contributed by atoms with Crippen LogP contribution in [-0.2, 0) is 9.53 Å². The Bertz CT molecular complexity index is 1060. The van der Waals surface area contributed by atoms with E-state index in [1.807, 2.05) is 12.1 Å². The molecule has 30 heavy (non-hydrogen) atoms. The van der Waals surface area contributed by atoms with Crippen LogP contribution < -0.4 is 10.5 Å². The van der Waals surface area contributed by atoms with Crippen molar-refractivity contribution in [3.05, 3.63) is 45.2 Å². The topological polar surface area (TPSA) is 67.2 Å². The zero-order valence-electron chi connectivity index (χ0n) is 16.9. The molecule has 0 aromatic carbocycles. The van der Waals surface area contributed by atoms with Gasteiger partial charge in [-0.05, 0) is 43.9 Å². The SMILES string of the molecule is COCCCN1C(=O)/C(=C\c2c(N3CCCCC3)nc3ccccn3c2=O)SC1=S. The summed E-state index contributed by atoms with van der Waals surface area (Å²) in [6, 6.07) is 5.50. The molecular formula is C21H24N4O3S2. The van der Waals surface area contributed by atoms with Crippen LogP contribution in [0.2, 0.25) is 0 Å². The third kappa shape index (κ3) is 4.14. The van der Waals surface area contributed by atoms with Gasteiger partial charge in [-0.3, -0.25) is 18.9 Å². The van der Waals surface area contributed by atoms with Crippen molar-refractivity contribution >= 4 is 51.7 Å². The Kier molecular flexibility index (Phi) is 6.50. The third-order valence-electron chi connectivity index (χ3n) is 5.28. The molecule has 2 fully saturated rings. The number of pyridine rings is 1. The monoisotopic (exact) mass is 444 g/mol. The Morgan fingerprint density at radius 3 is 2.80 bits per heavy atom. The van der Waals surface area contributed by atoms with Gasteiger partial charge in [0.1, 0.15) is 15.8 Å². The number of thiocarbonyl (C=S) groups is 1. The Balaban J connectivity index is 1.76. The van der Waals surface area contributed by atoms with Gasteiger partial charge in [-0.15, -0.1) is 0 Å². The molecule has 9 heteroatoms. The molecule has 2 aliphatic heterocycles. The zero-order valence-corrected chi connectivity index (χ0v) is 18.5. The Hall–Kier alpha value is -2.23. The van der Waals surface area contributed by atoms with Crippen molar-refractivity contribution < 1.29 is 9.53 Å². The molecule has 0 atom stereocenters. The van der Waals surface area contributed by atoms with Gasteiger partial charge in [0, 0.05) is 39.5 Å². The first kappa shape index (κ1) is 21.0. The van der Waals surface area contributed by atoms with Crippen molar-refractivity contribution in [2.75, 3.05) is 38.3 Å². The summed E-state index contributed by atoms with van der Waals surface area (Å²) in [5.41, 5.74) is 0.871. The minimum Gasteiger partial charge on any atom is -0.385 e. The van der Waals surface area contributed by atoms with Gasteiger partial charge in [0.2, 0.25) is 0 Å². The Labute approximate surface area is 184 Å². The maximum absolute atomic E-state index is 13.3. The molecule has 0 radical (unpaired) electrons. The molecule has 0 unspecified atom stereocenters. The van der Waals surface area contributed by atoms with Gasteiger partial charge in [-0.1, -0.05) is 30.0 Å². The van der Waals surface area contributed by atoms with Gasteiger partial charge in [-0.2, -0.15) is 0 Å². The summed E-state index contributed by atoms with van der Waals surface area (Å²) in [5.74, 6) is 0.485. The van der Waals surface area contributed by atoms with Crippen LogP contribution in [0.15, 0.2) is 34.1 Å². The average molecular weight is 445 g/mol. The molecule has 4 rings (SSSR count). The molecule has 7 nitrogen and oxygen atoms in total. The summed E-state index contributed by atoms with van der Waals surface area (Å²) >= 11 is 6.64.